The Morgan fingerprint density at radius 1 is 1.08 bits per heavy atom. The zero-order valence-electron chi connectivity index (χ0n) is 12.8. The molecule has 11 heteroatoms. The first-order chi connectivity index (χ1) is 11.0. The van der Waals surface area contributed by atoms with Gasteiger partial charge < -0.3 is 10.0 Å². The van der Waals surface area contributed by atoms with Crippen LogP contribution in [-0.4, -0.2) is 84.6 Å². The maximum Gasteiger partial charge on any atom is 0.389 e. The molecule has 2 fully saturated rings. The second kappa shape index (κ2) is 6.87. The van der Waals surface area contributed by atoms with Crippen molar-refractivity contribution in [1.82, 2.24) is 9.80 Å². The van der Waals surface area contributed by atoms with E-state index in [1.165, 1.54) is 4.90 Å². The van der Waals surface area contributed by atoms with Gasteiger partial charge in [0.25, 0.3) is 0 Å². The van der Waals surface area contributed by atoms with E-state index >= 15 is 0 Å². The van der Waals surface area contributed by atoms with Crippen LogP contribution >= 0.6 is 0 Å². The molecule has 138 valence electrons. The summed E-state index contributed by atoms with van der Waals surface area (Å²) in [7, 11) is -3.42. The van der Waals surface area contributed by atoms with Crippen LogP contribution in [0.4, 0.5) is 13.2 Å². The van der Waals surface area contributed by atoms with Crippen LogP contribution in [0.15, 0.2) is 0 Å². The Bertz CT molecular complexity index is 607. The smallest absolute Gasteiger partial charge is 0.389 e. The number of piperazine rings is 1. The standard InChI is InChI=1S/C13H19F3N2O5S/c14-13(15,16)3-1-11(19)18-6-5-17(4-2-12(20)21)9-7-24(22,23)8-10(9)18/h9-10H,1-8H2,(H,20,21)/t9-,10+/m0/s1. The summed E-state index contributed by atoms with van der Waals surface area (Å²) in [6.45, 7) is 0.505. The molecule has 0 aromatic carbocycles. The Hall–Kier alpha value is -1.36. The molecular weight excluding hydrogens is 353 g/mol. The van der Waals surface area contributed by atoms with Crippen molar-refractivity contribution in [3.8, 4) is 0 Å². The van der Waals surface area contributed by atoms with E-state index < -0.39 is 52.8 Å². The van der Waals surface area contributed by atoms with Gasteiger partial charge in [-0.1, -0.05) is 0 Å². The molecule has 1 N–H and O–H groups in total. The molecule has 2 rings (SSSR count). The van der Waals surface area contributed by atoms with Gasteiger partial charge in [0.05, 0.1) is 30.4 Å². The minimum Gasteiger partial charge on any atom is -0.481 e. The quantitative estimate of drug-likeness (QED) is 0.736. The highest BCUT2D eigenvalue weighted by Crippen LogP contribution is 2.29. The second-order valence-corrected chi connectivity index (χ2v) is 8.25. The number of halogens is 3. The molecule has 2 saturated heterocycles. The van der Waals surface area contributed by atoms with Gasteiger partial charge in [0, 0.05) is 32.1 Å². The molecule has 2 aliphatic heterocycles. The normalized spacial score (nSPS) is 27.0. The number of aliphatic carboxylic acids is 1. The molecule has 0 aromatic heterocycles. The molecule has 24 heavy (non-hydrogen) atoms. The van der Waals surface area contributed by atoms with E-state index in [-0.39, 0.29) is 37.6 Å². The predicted octanol–water partition coefficient (Wildman–Crippen LogP) is 0.113. The van der Waals surface area contributed by atoms with Crippen molar-refractivity contribution in [2.45, 2.75) is 37.5 Å². The van der Waals surface area contributed by atoms with E-state index in [0.717, 1.165) is 0 Å². The fourth-order valence-corrected chi connectivity index (χ4v) is 5.26. The van der Waals surface area contributed by atoms with Crippen molar-refractivity contribution in [2.75, 3.05) is 31.1 Å². The van der Waals surface area contributed by atoms with Gasteiger partial charge >= 0.3 is 12.1 Å². The minimum absolute atomic E-state index is 0.104. The molecule has 0 saturated carbocycles. The zero-order valence-corrected chi connectivity index (χ0v) is 13.6. The number of nitrogens with zero attached hydrogens (tertiary/aromatic N) is 2. The van der Waals surface area contributed by atoms with Gasteiger partial charge in [-0.15, -0.1) is 0 Å². The minimum atomic E-state index is -4.44. The van der Waals surface area contributed by atoms with E-state index in [2.05, 4.69) is 0 Å². The summed E-state index contributed by atoms with van der Waals surface area (Å²) in [4.78, 5) is 25.7. The van der Waals surface area contributed by atoms with E-state index in [9.17, 15) is 31.2 Å². The van der Waals surface area contributed by atoms with Crippen molar-refractivity contribution < 1.29 is 36.3 Å². The molecule has 0 aromatic rings. The summed E-state index contributed by atoms with van der Waals surface area (Å²) < 4.78 is 60.7. The highest BCUT2D eigenvalue weighted by Gasteiger charge is 2.48. The first kappa shape index (κ1) is 19.0. The molecule has 2 heterocycles. The van der Waals surface area contributed by atoms with Gasteiger partial charge in [-0.25, -0.2) is 8.42 Å². The molecule has 7 nitrogen and oxygen atoms in total. The Labute approximate surface area is 137 Å². The molecule has 0 spiro atoms. The van der Waals surface area contributed by atoms with Crippen LogP contribution < -0.4 is 0 Å². The fourth-order valence-electron chi connectivity index (χ4n) is 3.24. The molecule has 0 bridgehead atoms. The summed E-state index contributed by atoms with van der Waals surface area (Å²) in [5, 5.41) is 8.76. The zero-order chi connectivity index (χ0) is 18.1. The lowest BCUT2D eigenvalue weighted by molar-refractivity contribution is -0.152. The molecule has 2 aliphatic rings. The molecule has 0 unspecified atom stereocenters. The topological polar surface area (TPSA) is 95.0 Å². The summed E-state index contributed by atoms with van der Waals surface area (Å²) in [6, 6.07) is -1.27. The van der Waals surface area contributed by atoms with E-state index in [0.29, 0.717) is 0 Å². The van der Waals surface area contributed by atoms with Gasteiger partial charge in [-0.3, -0.25) is 14.5 Å². The molecule has 0 radical (unpaired) electrons. The average molecular weight is 372 g/mol. The number of rotatable bonds is 5. The number of amides is 1. The molecule has 2 atom stereocenters. The Morgan fingerprint density at radius 3 is 2.29 bits per heavy atom. The van der Waals surface area contributed by atoms with E-state index in [1.54, 1.807) is 4.90 Å². The van der Waals surface area contributed by atoms with E-state index in [1.807, 2.05) is 0 Å². The van der Waals surface area contributed by atoms with Crippen LogP contribution in [0.25, 0.3) is 0 Å². The Kier molecular flexibility index (Phi) is 5.43. The monoisotopic (exact) mass is 372 g/mol. The number of carboxylic acids is 1. The largest absolute Gasteiger partial charge is 0.481 e. The SMILES string of the molecule is O=C(O)CCN1CCN(C(=O)CCC(F)(F)F)[C@@H]2CS(=O)(=O)C[C@@H]21. The average Bonchev–Trinajstić information content (AvgIpc) is 2.76. The van der Waals surface area contributed by atoms with Crippen molar-refractivity contribution >= 4 is 21.7 Å². The lowest BCUT2D eigenvalue weighted by atomic mass is 10.0. The van der Waals surface area contributed by atoms with Crippen LogP contribution in [0.3, 0.4) is 0 Å². The number of hydrogen-bond donors (Lipinski definition) is 1. The summed E-state index contributed by atoms with van der Waals surface area (Å²) in [6.07, 6.45) is -6.55. The lowest BCUT2D eigenvalue weighted by Gasteiger charge is -2.43. The number of carbonyl (C=O) groups is 2. The third-order valence-corrected chi connectivity index (χ3v) is 6.05. The molecule has 1 amide bonds. The van der Waals surface area contributed by atoms with Gasteiger partial charge in [0.1, 0.15) is 0 Å². The van der Waals surface area contributed by atoms with Crippen LogP contribution in [-0.2, 0) is 19.4 Å². The fraction of sp³-hybridized carbons (Fsp3) is 0.846. The van der Waals surface area contributed by atoms with Crippen molar-refractivity contribution in [3.05, 3.63) is 0 Å². The van der Waals surface area contributed by atoms with Crippen LogP contribution in [0.2, 0.25) is 0 Å². The van der Waals surface area contributed by atoms with Gasteiger partial charge in [0.2, 0.25) is 5.91 Å². The first-order valence-corrected chi connectivity index (χ1v) is 9.33. The number of sulfone groups is 1. The lowest BCUT2D eigenvalue weighted by Crippen LogP contribution is -2.60. The number of alkyl halides is 3. The number of hydrogen-bond acceptors (Lipinski definition) is 5. The molecular formula is C13H19F3N2O5S. The third-order valence-electron chi connectivity index (χ3n) is 4.35. The maximum atomic E-state index is 12.3. The number of carboxylic acid groups (broad SMARTS) is 1. The summed E-state index contributed by atoms with van der Waals surface area (Å²) in [5.74, 6) is -2.23. The number of fused-ring (bicyclic) bond motifs is 1. The van der Waals surface area contributed by atoms with Gasteiger partial charge in [-0.05, 0) is 0 Å². The number of carbonyl (C=O) groups excluding carboxylic acids is 1. The summed E-state index contributed by atoms with van der Waals surface area (Å²) >= 11 is 0. The summed E-state index contributed by atoms with van der Waals surface area (Å²) in [5.41, 5.74) is 0. The predicted molar refractivity (Wildman–Crippen MR) is 77.1 cm³/mol. The van der Waals surface area contributed by atoms with Crippen molar-refractivity contribution in [2.24, 2.45) is 0 Å². The third kappa shape index (κ3) is 4.82. The van der Waals surface area contributed by atoms with Crippen LogP contribution in [0.1, 0.15) is 19.3 Å². The highest BCUT2D eigenvalue weighted by molar-refractivity contribution is 7.91. The highest BCUT2D eigenvalue weighted by atomic mass is 32.2. The van der Waals surface area contributed by atoms with Crippen molar-refractivity contribution in [3.63, 3.8) is 0 Å². The first-order valence-electron chi connectivity index (χ1n) is 7.51. The van der Waals surface area contributed by atoms with Crippen molar-refractivity contribution in [1.29, 1.82) is 0 Å². The Morgan fingerprint density at radius 2 is 1.71 bits per heavy atom. The van der Waals surface area contributed by atoms with Crippen LogP contribution in [0.5, 0.6) is 0 Å². The Balaban J connectivity index is 2.08. The second-order valence-electron chi connectivity index (χ2n) is 6.09. The van der Waals surface area contributed by atoms with E-state index in [4.69, 9.17) is 5.11 Å². The molecule has 0 aliphatic carbocycles. The van der Waals surface area contributed by atoms with Crippen LogP contribution in [0, 0.1) is 0 Å². The van der Waals surface area contributed by atoms with Gasteiger partial charge in [-0.2, -0.15) is 13.2 Å². The van der Waals surface area contributed by atoms with Gasteiger partial charge in [0.15, 0.2) is 9.84 Å². The maximum absolute atomic E-state index is 12.3.